The maximum atomic E-state index is 5.66. The molecule has 2 aliphatic rings. The van der Waals surface area contributed by atoms with Crippen molar-refractivity contribution >= 4 is 0 Å². The first-order chi connectivity index (χ1) is 9.85. The van der Waals surface area contributed by atoms with Crippen LogP contribution in [-0.4, -0.2) is 0 Å². The number of nitrogens with two attached hydrogens (primary N) is 1. The summed E-state index contributed by atoms with van der Waals surface area (Å²) in [4.78, 5) is 0. The van der Waals surface area contributed by atoms with E-state index in [-0.39, 0.29) is 0 Å². The smallest absolute Gasteiger partial charge is 0.0178 e. The molecule has 2 aliphatic carbocycles. The molecule has 20 heavy (non-hydrogen) atoms. The summed E-state index contributed by atoms with van der Waals surface area (Å²) in [5.74, 6) is 2.31. The van der Waals surface area contributed by atoms with Crippen LogP contribution in [0.5, 0.6) is 0 Å². The van der Waals surface area contributed by atoms with Gasteiger partial charge in [0, 0.05) is 6.54 Å². The highest BCUT2D eigenvalue weighted by atomic mass is 14.5. The standard InChI is InChI=1S/C19H21N/c20-12-13-4-6-15(7-5-13)18-11-19(18)17-3-1-2-16(10-17)14-8-9-14/h1-7,10,14,18-19H,8-9,11-12,20H2. The van der Waals surface area contributed by atoms with Gasteiger partial charge in [-0.05, 0) is 59.3 Å². The van der Waals surface area contributed by atoms with Crippen molar-refractivity contribution < 1.29 is 0 Å². The maximum absolute atomic E-state index is 5.66. The first-order valence-electron chi connectivity index (χ1n) is 7.74. The highest BCUT2D eigenvalue weighted by molar-refractivity contribution is 5.40. The van der Waals surface area contributed by atoms with E-state index in [9.17, 15) is 0 Å². The van der Waals surface area contributed by atoms with Crippen LogP contribution < -0.4 is 5.73 Å². The fraction of sp³-hybridized carbons (Fsp3) is 0.368. The van der Waals surface area contributed by atoms with Gasteiger partial charge in [0.2, 0.25) is 0 Å². The molecule has 2 aromatic rings. The third kappa shape index (κ3) is 2.27. The zero-order valence-corrected chi connectivity index (χ0v) is 11.8. The van der Waals surface area contributed by atoms with Gasteiger partial charge in [-0.1, -0.05) is 48.5 Å². The molecule has 2 atom stereocenters. The quantitative estimate of drug-likeness (QED) is 0.874. The first kappa shape index (κ1) is 12.2. The van der Waals surface area contributed by atoms with Gasteiger partial charge in [-0.15, -0.1) is 0 Å². The van der Waals surface area contributed by atoms with Gasteiger partial charge >= 0.3 is 0 Å². The van der Waals surface area contributed by atoms with Crippen molar-refractivity contribution in [2.75, 3.05) is 0 Å². The molecule has 0 saturated heterocycles. The molecule has 2 saturated carbocycles. The Labute approximate surface area is 120 Å². The Morgan fingerprint density at radius 1 is 0.850 bits per heavy atom. The molecule has 1 nitrogen and oxygen atoms in total. The molecular formula is C19H21N. The van der Waals surface area contributed by atoms with Gasteiger partial charge in [0.05, 0.1) is 0 Å². The van der Waals surface area contributed by atoms with E-state index in [2.05, 4.69) is 48.5 Å². The van der Waals surface area contributed by atoms with Crippen molar-refractivity contribution in [3.8, 4) is 0 Å². The predicted octanol–water partition coefficient (Wildman–Crippen LogP) is 4.29. The topological polar surface area (TPSA) is 26.0 Å². The molecule has 102 valence electrons. The average molecular weight is 263 g/mol. The minimum Gasteiger partial charge on any atom is -0.326 e. The molecule has 2 unspecified atom stereocenters. The van der Waals surface area contributed by atoms with Crippen LogP contribution in [0.4, 0.5) is 0 Å². The van der Waals surface area contributed by atoms with Crippen molar-refractivity contribution in [3.63, 3.8) is 0 Å². The second kappa shape index (κ2) is 4.75. The van der Waals surface area contributed by atoms with Crippen LogP contribution in [0.2, 0.25) is 0 Å². The van der Waals surface area contributed by atoms with E-state index in [0.29, 0.717) is 6.54 Å². The molecule has 0 heterocycles. The Morgan fingerprint density at radius 3 is 2.25 bits per heavy atom. The largest absolute Gasteiger partial charge is 0.326 e. The maximum Gasteiger partial charge on any atom is 0.0178 e. The van der Waals surface area contributed by atoms with E-state index in [1.165, 1.54) is 30.4 Å². The van der Waals surface area contributed by atoms with Crippen molar-refractivity contribution in [2.24, 2.45) is 5.73 Å². The predicted molar refractivity (Wildman–Crippen MR) is 82.8 cm³/mol. The summed E-state index contributed by atoms with van der Waals surface area (Å²) >= 11 is 0. The summed E-state index contributed by atoms with van der Waals surface area (Å²) in [7, 11) is 0. The Balaban J connectivity index is 1.52. The molecular weight excluding hydrogens is 242 g/mol. The highest BCUT2D eigenvalue weighted by Gasteiger charge is 2.39. The van der Waals surface area contributed by atoms with E-state index in [4.69, 9.17) is 5.73 Å². The Hall–Kier alpha value is -1.60. The lowest BCUT2D eigenvalue weighted by molar-refractivity contribution is 1.00. The molecule has 2 N–H and O–H groups in total. The lowest BCUT2D eigenvalue weighted by Gasteiger charge is -2.05. The van der Waals surface area contributed by atoms with Gasteiger partial charge in [-0.25, -0.2) is 0 Å². The number of hydrogen-bond donors (Lipinski definition) is 1. The van der Waals surface area contributed by atoms with Crippen LogP contribution in [0.15, 0.2) is 48.5 Å². The SMILES string of the molecule is NCc1ccc(C2CC2c2cccc(C3CC3)c2)cc1. The molecule has 2 fully saturated rings. The summed E-state index contributed by atoms with van der Waals surface area (Å²) in [6.45, 7) is 0.637. The van der Waals surface area contributed by atoms with Crippen LogP contribution >= 0.6 is 0 Å². The normalized spacial score (nSPS) is 24.6. The monoisotopic (exact) mass is 263 g/mol. The van der Waals surface area contributed by atoms with Crippen LogP contribution in [0, 0.1) is 0 Å². The molecule has 4 rings (SSSR count). The molecule has 1 heteroatoms. The van der Waals surface area contributed by atoms with E-state index in [1.54, 1.807) is 11.1 Å². The molecule has 2 aromatic carbocycles. The summed E-state index contributed by atoms with van der Waals surface area (Å²) in [6.07, 6.45) is 4.08. The van der Waals surface area contributed by atoms with Gasteiger partial charge in [0.1, 0.15) is 0 Å². The van der Waals surface area contributed by atoms with Crippen molar-refractivity contribution in [2.45, 2.75) is 43.6 Å². The van der Waals surface area contributed by atoms with Crippen molar-refractivity contribution in [3.05, 3.63) is 70.8 Å². The second-order valence-corrected chi connectivity index (χ2v) is 6.34. The summed E-state index contributed by atoms with van der Waals surface area (Å²) in [5.41, 5.74) is 11.5. The van der Waals surface area contributed by atoms with Gasteiger partial charge < -0.3 is 5.73 Å². The number of hydrogen-bond acceptors (Lipinski definition) is 1. The molecule has 0 spiro atoms. The summed E-state index contributed by atoms with van der Waals surface area (Å²) in [6, 6.07) is 18.2. The number of benzene rings is 2. The fourth-order valence-electron chi connectivity index (χ4n) is 3.29. The first-order valence-corrected chi connectivity index (χ1v) is 7.74. The molecule has 0 bridgehead atoms. The minimum atomic E-state index is 0.637. The van der Waals surface area contributed by atoms with E-state index >= 15 is 0 Å². The molecule has 0 aromatic heterocycles. The molecule has 0 amide bonds. The van der Waals surface area contributed by atoms with Gasteiger partial charge in [-0.3, -0.25) is 0 Å². The van der Waals surface area contributed by atoms with Crippen LogP contribution in [-0.2, 0) is 6.54 Å². The van der Waals surface area contributed by atoms with Gasteiger partial charge in [-0.2, -0.15) is 0 Å². The third-order valence-corrected chi connectivity index (χ3v) is 4.82. The van der Waals surface area contributed by atoms with Gasteiger partial charge in [0.25, 0.3) is 0 Å². The lowest BCUT2D eigenvalue weighted by Crippen LogP contribution is -1.95. The van der Waals surface area contributed by atoms with E-state index in [1.807, 2.05) is 0 Å². The molecule has 0 radical (unpaired) electrons. The Kier molecular flexibility index (Phi) is 2.89. The molecule has 0 aliphatic heterocycles. The minimum absolute atomic E-state index is 0.637. The summed E-state index contributed by atoms with van der Waals surface area (Å²) < 4.78 is 0. The van der Waals surface area contributed by atoms with Crippen LogP contribution in [0.3, 0.4) is 0 Å². The van der Waals surface area contributed by atoms with Crippen molar-refractivity contribution in [1.29, 1.82) is 0 Å². The zero-order chi connectivity index (χ0) is 13.5. The van der Waals surface area contributed by atoms with Crippen LogP contribution in [0.25, 0.3) is 0 Å². The van der Waals surface area contributed by atoms with Crippen molar-refractivity contribution in [1.82, 2.24) is 0 Å². The fourth-order valence-corrected chi connectivity index (χ4v) is 3.29. The average Bonchev–Trinajstić information content (AvgIpc) is 3.41. The summed E-state index contributed by atoms with van der Waals surface area (Å²) in [5, 5.41) is 0. The zero-order valence-electron chi connectivity index (χ0n) is 11.8. The third-order valence-electron chi connectivity index (χ3n) is 4.82. The van der Waals surface area contributed by atoms with E-state index in [0.717, 1.165) is 17.8 Å². The van der Waals surface area contributed by atoms with Gasteiger partial charge in [0.15, 0.2) is 0 Å². The number of rotatable bonds is 4. The van der Waals surface area contributed by atoms with E-state index < -0.39 is 0 Å². The highest BCUT2D eigenvalue weighted by Crippen LogP contribution is 2.55. The Bertz CT molecular complexity index is 610. The lowest BCUT2D eigenvalue weighted by atomic mass is 10.0. The Morgan fingerprint density at radius 2 is 1.55 bits per heavy atom. The second-order valence-electron chi connectivity index (χ2n) is 6.34. The van der Waals surface area contributed by atoms with Crippen LogP contribution in [0.1, 0.15) is 59.3 Å².